The third-order valence-corrected chi connectivity index (χ3v) is 3.16. The van der Waals surface area contributed by atoms with Crippen molar-refractivity contribution in [1.82, 2.24) is 0 Å². The van der Waals surface area contributed by atoms with Crippen molar-refractivity contribution in [2.45, 2.75) is 50.8 Å². The van der Waals surface area contributed by atoms with E-state index in [9.17, 15) is 0 Å². The molecular weight excluding hydrogens is 144 g/mol. The van der Waals surface area contributed by atoms with E-state index in [1.165, 1.54) is 38.5 Å². The topological polar surface area (TPSA) is 0 Å². The lowest BCUT2D eigenvalue weighted by Gasteiger charge is -2.20. The van der Waals surface area contributed by atoms with Crippen LogP contribution < -0.4 is 0 Å². The summed E-state index contributed by atoms with van der Waals surface area (Å²) >= 11 is 6.14. The molecule has 60 valence electrons. The lowest BCUT2D eigenvalue weighted by Crippen LogP contribution is -2.13. The lowest BCUT2D eigenvalue weighted by atomic mass is 9.92. The quantitative estimate of drug-likeness (QED) is 0.476. The second-order valence-corrected chi connectivity index (χ2v) is 4.05. The molecule has 0 aromatic heterocycles. The van der Waals surface area contributed by atoms with Gasteiger partial charge in [-0.2, -0.15) is 0 Å². The van der Waals surface area contributed by atoms with Gasteiger partial charge in [-0.05, 0) is 18.8 Å². The van der Waals surface area contributed by atoms with Gasteiger partial charge in [0.25, 0.3) is 0 Å². The van der Waals surface area contributed by atoms with Gasteiger partial charge in [0, 0.05) is 5.38 Å². The van der Waals surface area contributed by atoms with Crippen molar-refractivity contribution in [1.29, 1.82) is 0 Å². The highest BCUT2D eigenvalue weighted by Crippen LogP contribution is 2.25. The normalized spacial score (nSPS) is 36.6. The summed E-state index contributed by atoms with van der Waals surface area (Å²) in [5.74, 6) is 0.752. The van der Waals surface area contributed by atoms with Gasteiger partial charge in [-0.15, -0.1) is 11.6 Å². The van der Waals surface area contributed by atoms with E-state index in [-0.39, 0.29) is 0 Å². The number of hydrogen-bond acceptors (Lipinski definition) is 0. The van der Waals surface area contributed by atoms with Gasteiger partial charge in [-0.3, -0.25) is 0 Å². The van der Waals surface area contributed by atoms with Crippen LogP contribution in [0.4, 0.5) is 0 Å². The minimum absolute atomic E-state index is 0.459. The Morgan fingerprint density at radius 1 is 1.00 bits per heavy atom. The highest BCUT2D eigenvalue weighted by molar-refractivity contribution is 6.20. The summed E-state index contributed by atoms with van der Waals surface area (Å²) in [6.45, 7) is 2.28. The molecule has 0 N–H and O–H groups in total. The van der Waals surface area contributed by atoms with Crippen molar-refractivity contribution in [3.8, 4) is 0 Å². The molecule has 0 amide bonds. The summed E-state index contributed by atoms with van der Waals surface area (Å²) in [6.07, 6.45) is 8.14. The Hall–Kier alpha value is 0.290. The van der Waals surface area contributed by atoms with Crippen LogP contribution in [0.1, 0.15) is 45.4 Å². The highest BCUT2D eigenvalue weighted by atomic mass is 35.5. The van der Waals surface area contributed by atoms with Crippen LogP contribution in [0.15, 0.2) is 0 Å². The van der Waals surface area contributed by atoms with Gasteiger partial charge in [0.15, 0.2) is 0 Å². The maximum Gasteiger partial charge on any atom is 0.0361 e. The van der Waals surface area contributed by atoms with Crippen LogP contribution in [-0.2, 0) is 0 Å². The zero-order chi connectivity index (χ0) is 7.40. The molecule has 1 aliphatic rings. The molecular formula is C9H17Cl. The predicted molar refractivity (Wildman–Crippen MR) is 46.5 cm³/mol. The molecule has 0 aromatic carbocycles. The molecule has 1 aliphatic carbocycles. The van der Waals surface area contributed by atoms with Crippen LogP contribution in [0.25, 0.3) is 0 Å². The van der Waals surface area contributed by atoms with E-state index >= 15 is 0 Å². The van der Waals surface area contributed by atoms with E-state index in [1.807, 2.05) is 0 Å². The largest absolute Gasteiger partial charge is 0.123 e. The summed E-state index contributed by atoms with van der Waals surface area (Å²) in [5, 5.41) is 0.459. The smallest absolute Gasteiger partial charge is 0.0361 e. The molecule has 1 heteroatoms. The summed E-state index contributed by atoms with van der Waals surface area (Å²) < 4.78 is 0. The van der Waals surface area contributed by atoms with Crippen molar-refractivity contribution in [2.24, 2.45) is 5.92 Å². The molecule has 1 rings (SSSR count). The molecule has 0 heterocycles. The van der Waals surface area contributed by atoms with E-state index < -0.39 is 0 Å². The third-order valence-electron chi connectivity index (χ3n) is 2.51. The zero-order valence-corrected chi connectivity index (χ0v) is 7.53. The molecule has 0 radical (unpaired) electrons. The van der Waals surface area contributed by atoms with Crippen molar-refractivity contribution in [2.75, 3.05) is 0 Å². The van der Waals surface area contributed by atoms with Gasteiger partial charge in [0.1, 0.15) is 0 Å². The SMILES string of the molecule is C[C@H]1CCCCCC[C@@H]1Cl. The first-order valence-corrected chi connectivity index (χ1v) is 4.88. The molecule has 2 atom stereocenters. The number of halogens is 1. The molecule has 0 aromatic rings. The van der Waals surface area contributed by atoms with Crippen LogP contribution in [-0.4, -0.2) is 5.38 Å². The van der Waals surface area contributed by atoms with E-state index in [0.29, 0.717) is 5.38 Å². The van der Waals surface area contributed by atoms with Crippen LogP contribution in [0.3, 0.4) is 0 Å². The van der Waals surface area contributed by atoms with E-state index in [0.717, 1.165) is 5.92 Å². The molecule has 1 fully saturated rings. The summed E-state index contributed by atoms with van der Waals surface area (Å²) in [7, 11) is 0. The van der Waals surface area contributed by atoms with E-state index in [1.54, 1.807) is 0 Å². The molecule has 0 aliphatic heterocycles. The van der Waals surface area contributed by atoms with Crippen LogP contribution in [0, 0.1) is 5.92 Å². The number of hydrogen-bond donors (Lipinski definition) is 0. The fourth-order valence-electron chi connectivity index (χ4n) is 1.62. The number of rotatable bonds is 0. The van der Waals surface area contributed by atoms with Crippen molar-refractivity contribution < 1.29 is 0 Å². The first-order valence-electron chi connectivity index (χ1n) is 4.45. The zero-order valence-electron chi connectivity index (χ0n) is 6.78. The molecule has 0 saturated heterocycles. The van der Waals surface area contributed by atoms with Gasteiger partial charge in [0.05, 0.1) is 0 Å². The fourth-order valence-corrected chi connectivity index (χ4v) is 1.90. The Morgan fingerprint density at radius 3 is 2.30 bits per heavy atom. The maximum atomic E-state index is 6.14. The molecule has 10 heavy (non-hydrogen) atoms. The minimum Gasteiger partial charge on any atom is -0.123 e. The molecule has 1 saturated carbocycles. The third kappa shape index (κ3) is 2.49. The summed E-state index contributed by atoms with van der Waals surface area (Å²) in [5.41, 5.74) is 0. The van der Waals surface area contributed by atoms with Gasteiger partial charge in [-0.25, -0.2) is 0 Å². The molecule has 0 bridgehead atoms. The summed E-state index contributed by atoms with van der Waals surface area (Å²) in [4.78, 5) is 0. The van der Waals surface area contributed by atoms with Gasteiger partial charge in [-0.1, -0.05) is 32.6 Å². The first kappa shape index (κ1) is 8.39. The highest BCUT2D eigenvalue weighted by Gasteiger charge is 2.15. The second-order valence-electron chi connectivity index (χ2n) is 3.48. The summed E-state index contributed by atoms with van der Waals surface area (Å²) in [6, 6.07) is 0. The maximum absolute atomic E-state index is 6.14. The average Bonchev–Trinajstić information content (AvgIpc) is 1.92. The van der Waals surface area contributed by atoms with E-state index in [2.05, 4.69) is 6.92 Å². The van der Waals surface area contributed by atoms with Crippen LogP contribution in [0.2, 0.25) is 0 Å². The van der Waals surface area contributed by atoms with Crippen molar-refractivity contribution in [3.63, 3.8) is 0 Å². The number of alkyl halides is 1. The standard InChI is InChI=1S/C9H17Cl/c1-8-6-4-2-3-5-7-9(8)10/h8-9H,2-7H2,1H3/t8-,9-/m0/s1. The fraction of sp³-hybridized carbons (Fsp3) is 1.00. The lowest BCUT2D eigenvalue weighted by molar-refractivity contribution is 0.410. The Balaban J connectivity index is 2.28. The van der Waals surface area contributed by atoms with Crippen LogP contribution >= 0.6 is 11.6 Å². The van der Waals surface area contributed by atoms with Gasteiger partial charge >= 0.3 is 0 Å². The van der Waals surface area contributed by atoms with Crippen molar-refractivity contribution in [3.05, 3.63) is 0 Å². The van der Waals surface area contributed by atoms with Crippen molar-refractivity contribution >= 4 is 11.6 Å². The van der Waals surface area contributed by atoms with Crippen LogP contribution in [0.5, 0.6) is 0 Å². The molecule has 0 nitrogen and oxygen atoms in total. The Bertz CT molecular complexity index is 78.7. The Labute approximate surface area is 69.0 Å². The molecule has 0 unspecified atom stereocenters. The first-order chi connectivity index (χ1) is 4.80. The second kappa shape index (κ2) is 4.23. The molecule has 0 spiro atoms. The predicted octanol–water partition coefficient (Wildman–Crippen LogP) is 3.58. The Morgan fingerprint density at radius 2 is 1.60 bits per heavy atom. The monoisotopic (exact) mass is 160 g/mol. The van der Waals surface area contributed by atoms with Gasteiger partial charge < -0.3 is 0 Å². The van der Waals surface area contributed by atoms with E-state index in [4.69, 9.17) is 11.6 Å². The van der Waals surface area contributed by atoms with Gasteiger partial charge in [0.2, 0.25) is 0 Å². The average molecular weight is 161 g/mol. The Kier molecular flexibility index (Phi) is 3.55. The minimum atomic E-state index is 0.459.